The number of fused-ring (bicyclic) bond motifs is 1. The van der Waals surface area contributed by atoms with Gasteiger partial charge in [0, 0.05) is 32.0 Å². The van der Waals surface area contributed by atoms with Crippen molar-refractivity contribution in [1.29, 1.82) is 5.26 Å². The first-order chi connectivity index (χ1) is 21.8. The minimum Gasteiger partial charge on any atom is -0.490 e. The molecule has 1 saturated heterocycles. The van der Waals surface area contributed by atoms with Crippen molar-refractivity contribution in [2.75, 3.05) is 20.2 Å². The number of hydrogen-bond donors (Lipinski definition) is 0. The Morgan fingerprint density at radius 2 is 1.93 bits per heavy atom. The number of nitrogens with zero attached hydrogens (tertiary/aromatic N) is 4. The number of aryl methyl sites for hydroxylation is 1. The van der Waals surface area contributed by atoms with Crippen LogP contribution in [0.5, 0.6) is 11.5 Å². The molecule has 1 saturated carbocycles. The van der Waals surface area contributed by atoms with Crippen molar-refractivity contribution < 1.29 is 28.2 Å². The highest BCUT2D eigenvalue weighted by Crippen LogP contribution is 2.30. The fourth-order valence-electron chi connectivity index (χ4n) is 6.02. The highest BCUT2D eigenvalue weighted by Gasteiger charge is 2.31. The summed E-state index contributed by atoms with van der Waals surface area (Å²) in [6, 6.07) is 17.3. The average molecular weight is 611 g/mol. The number of imidazole rings is 1. The summed E-state index contributed by atoms with van der Waals surface area (Å²) in [6.07, 6.45) is 3.21. The summed E-state index contributed by atoms with van der Waals surface area (Å²) >= 11 is 0. The second-order valence-electron chi connectivity index (χ2n) is 11.8. The van der Waals surface area contributed by atoms with Crippen LogP contribution < -0.4 is 9.47 Å². The summed E-state index contributed by atoms with van der Waals surface area (Å²) in [4.78, 5) is 31.9. The number of halogens is 1. The number of Topliss-reactive ketones (excluding diaryl/α,β-unsaturated/α-hetero) is 1. The Morgan fingerprint density at radius 1 is 1.11 bits per heavy atom. The molecule has 0 radical (unpaired) electrons. The Balaban J connectivity index is 1.09. The third-order valence-corrected chi connectivity index (χ3v) is 8.70. The lowest BCUT2D eigenvalue weighted by molar-refractivity contribution is -0.129. The molecule has 232 valence electrons. The smallest absolute Gasteiger partial charge is 0.337 e. The van der Waals surface area contributed by atoms with Gasteiger partial charge in [-0.15, -0.1) is 0 Å². The summed E-state index contributed by atoms with van der Waals surface area (Å²) in [5.41, 5.74) is 4.17. The normalized spacial score (nSPS) is 17.1. The first kappa shape index (κ1) is 30.3. The van der Waals surface area contributed by atoms with Crippen molar-refractivity contribution in [3.05, 3.63) is 88.5 Å². The lowest BCUT2D eigenvalue weighted by Gasteiger charge is -2.32. The van der Waals surface area contributed by atoms with Gasteiger partial charge in [-0.05, 0) is 79.8 Å². The number of nitriles is 1. The first-order valence-electron chi connectivity index (χ1n) is 15.2. The van der Waals surface area contributed by atoms with E-state index in [0.29, 0.717) is 25.1 Å². The Kier molecular flexibility index (Phi) is 8.80. The Hall–Kier alpha value is -4.75. The van der Waals surface area contributed by atoms with E-state index < -0.39 is 11.8 Å². The number of likely N-dealkylation sites (tertiary alicyclic amines) is 1. The zero-order valence-corrected chi connectivity index (χ0v) is 25.4. The van der Waals surface area contributed by atoms with Crippen molar-refractivity contribution in [1.82, 2.24) is 14.5 Å². The Bertz CT molecular complexity index is 1790. The highest BCUT2D eigenvalue weighted by molar-refractivity contribution is 5.95. The van der Waals surface area contributed by atoms with Gasteiger partial charge >= 0.3 is 5.97 Å². The maximum absolute atomic E-state index is 14.2. The van der Waals surface area contributed by atoms with Crippen molar-refractivity contribution in [3.8, 4) is 17.6 Å². The van der Waals surface area contributed by atoms with Crippen LogP contribution in [0, 0.1) is 30.0 Å². The number of ether oxygens (including phenoxy) is 3. The van der Waals surface area contributed by atoms with Crippen LogP contribution >= 0.6 is 0 Å². The maximum Gasteiger partial charge on any atom is 0.337 e. The van der Waals surface area contributed by atoms with Gasteiger partial charge < -0.3 is 18.8 Å². The van der Waals surface area contributed by atoms with Gasteiger partial charge in [-0.3, -0.25) is 9.69 Å². The van der Waals surface area contributed by atoms with Gasteiger partial charge in [-0.2, -0.15) is 5.26 Å². The van der Waals surface area contributed by atoms with Crippen molar-refractivity contribution in [2.24, 2.45) is 5.92 Å². The van der Waals surface area contributed by atoms with Gasteiger partial charge in [0.15, 0.2) is 11.6 Å². The zero-order valence-electron chi connectivity index (χ0n) is 25.4. The van der Waals surface area contributed by atoms with E-state index in [1.54, 1.807) is 6.07 Å². The lowest BCUT2D eigenvalue weighted by Crippen LogP contribution is -2.38. The number of benzene rings is 3. The summed E-state index contributed by atoms with van der Waals surface area (Å²) in [7, 11) is 1.37. The maximum atomic E-state index is 14.2. The Morgan fingerprint density at radius 3 is 2.62 bits per heavy atom. The van der Waals surface area contributed by atoms with Crippen LogP contribution in [0.1, 0.15) is 58.6 Å². The molecule has 1 unspecified atom stereocenters. The monoisotopic (exact) mass is 610 g/mol. The van der Waals surface area contributed by atoms with Crippen LogP contribution in [0.2, 0.25) is 0 Å². The van der Waals surface area contributed by atoms with E-state index in [4.69, 9.17) is 24.5 Å². The molecular formula is C35H35FN4O5. The molecule has 4 aromatic rings. The van der Waals surface area contributed by atoms with E-state index >= 15 is 0 Å². The van der Waals surface area contributed by atoms with Crippen molar-refractivity contribution >= 4 is 22.8 Å². The number of ketones is 1. The molecule has 9 nitrogen and oxygen atoms in total. The molecule has 0 N–H and O–H groups in total. The topological polar surface area (TPSA) is 107 Å². The zero-order chi connectivity index (χ0) is 31.5. The number of hydrogen-bond acceptors (Lipinski definition) is 8. The SMILES string of the molecule is COC(=O)c1cc(C)c2nc(CN3CCC(Oc4cccc(COc5ccc(C#N)cc5F)c4)CC3)n(CC3CCC3=O)c2c1. The molecule has 0 bridgehead atoms. The highest BCUT2D eigenvalue weighted by atomic mass is 19.1. The molecule has 3 aromatic carbocycles. The van der Waals surface area contributed by atoms with Gasteiger partial charge in [0.1, 0.15) is 30.1 Å². The van der Waals surface area contributed by atoms with E-state index in [1.165, 1.54) is 19.2 Å². The fraction of sp³-hybridized carbons (Fsp3) is 0.371. The number of aromatic nitrogens is 2. The molecule has 0 spiro atoms. The Labute approximate surface area is 261 Å². The number of carbonyl (C=O) groups excluding carboxylic acids is 2. The van der Waals surface area contributed by atoms with E-state index in [9.17, 15) is 14.0 Å². The molecule has 1 atom stereocenters. The van der Waals surface area contributed by atoms with Crippen LogP contribution in [-0.4, -0.2) is 52.5 Å². The number of carbonyl (C=O) groups is 2. The quantitative estimate of drug-likeness (QED) is 0.209. The molecule has 2 fully saturated rings. The summed E-state index contributed by atoms with van der Waals surface area (Å²) in [6.45, 7) is 4.96. The van der Waals surface area contributed by atoms with Crippen molar-refractivity contribution in [2.45, 2.75) is 58.4 Å². The van der Waals surface area contributed by atoms with Crippen LogP contribution in [-0.2, 0) is 29.2 Å². The number of rotatable bonds is 10. The van der Waals surface area contributed by atoms with Gasteiger partial charge in [0.25, 0.3) is 0 Å². The van der Waals surface area contributed by atoms with Crippen molar-refractivity contribution in [3.63, 3.8) is 0 Å². The number of esters is 1. The second-order valence-corrected chi connectivity index (χ2v) is 11.8. The molecule has 10 heteroatoms. The van der Waals surface area contributed by atoms with Gasteiger partial charge in [-0.25, -0.2) is 14.2 Å². The second kappa shape index (κ2) is 13.1. The molecule has 1 aromatic heterocycles. The third-order valence-electron chi connectivity index (χ3n) is 8.70. The molecule has 45 heavy (non-hydrogen) atoms. The van der Waals surface area contributed by atoms with E-state index in [0.717, 1.165) is 72.2 Å². The molecular weight excluding hydrogens is 575 g/mol. The molecule has 2 heterocycles. The number of methoxy groups -OCH3 is 1. The predicted octanol–water partition coefficient (Wildman–Crippen LogP) is 5.74. The molecule has 6 rings (SSSR count). The van der Waals surface area contributed by atoms with E-state index in [-0.39, 0.29) is 35.7 Å². The lowest BCUT2D eigenvalue weighted by atomic mass is 9.83. The van der Waals surface area contributed by atoms with Crippen LogP contribution in [0.3, 0.4) is 0 Å². The average Bonchev–Trinajstić information content (AvgIpc) is 3.39. The standard InChI is InChI=1S/C35H35FN4O5/c1-22-14-26(35(42)43-2)17-30-34(22)38-33(40(30)19-25-7-8-31(25)41)20-39-12-10-27(11-13-39)45-28-5-3-4-24(15-28)21-44-32-9-6-23(18-37)16-29(32)36/h3-6,9,14-17,25,27H,7-8,10-13,19-21H2,1-2H3. The van der Waals surface area contributed by atoms with Gasteiger partial charge in [-0.1, -0.05) is 12.1 Å². The van der Waals surface area contributed by atoms with E-state index in [1.807, 2.05) is 43.3 Å². The van der Waals surface area contributed by atoms with Gasteiger partial charge in [0.05, 0.1) is 41.9 Å². The molecule has 0 amide bonds. The minimum absolute atomic E-state index is 0.0216. The number of piperidine rings is 1. The summed E-state index contributed by atoms with van der Waals surface area (Å²) < 4.78 is 33.3. The molecule has 2 aliphatic rings. The third kappa shape index (κ3) is 6.69. The first-order valence-corrected chi connectivity index (χ1v) is 15.2. The van der Waals surface area contributed by atoms with Gasteiger partial charge in [0.2, 0.25) is 0 Å². The summed E-state index contributed by atoms with van der Waals surface area (Å²) in [5, 5.41) is 8.93. The van der Waals surface area contributed by atoms with E-state index in [2.05, 4.69) is 9.47 Å². The molecule has 1 aliphatic heterocycles. The minimum atomic E-state index is -0.568. The summed E-state index contributed by atoms with van der Waals surface area (Å²) in [5.74, 6) is 1.01. The predicted molar refractivity (Wildman–Crippen MR) is 164 cm³/mol. The van der Waals surface area contributed by atoms with Crippen LogP contribution in [0.25, 0.3) is 11.0 Å². The molecule has 1 aliphatic carbocycles. The fourth-order valence-corrected chi connectivity index (χ4v) is 6.02. The largest absolute Gasteiger partial charge is 0.490 e. The van der Waals surface area contributed by atoms with Crippen LogP contribution in [0.15, 0.2) is 54.6 Å². The van der Waals surface area contributed by atoms with Crippen LogP contribution in [0.4, 0.5) is 4.39 Å².